The molecule has 2 fully saturated rings. The number of ether oxygens (including phenoxy) is 2. The lowest BCUT2D eigenvalue weighted by Gasteiger charge is -2.32. The summed E-state index contributed by atoms with van der Waals surface area (Å²) < 4.78 is 11.6. The minimum atomic E-state index is -0.177. The van der Waals surface area contributed by atoms with Gasteiger partial charge in [0, 0.05) is 37.1 Å². The van der Waals surface area contributed by atoms with E-state index in [1.807, 2.05) is 30.9 Å². The van der Waals surface area contributed by atoms with Crippen LogP contribution in [0.15, 0.2) is 12.1 Å². The van der Waals surface area contributed by atoms with Crippen LogP contribution in [-0.2, 0) is 16.0 Å². The topological polar surface area (TPSA) is 67.9 Å². The van der Waals surface area contributed by atoms with Crippen molar-refractivity contribution in [2.75, 3.05) is 25.0 Å². The number of likely N-dealkylation sites (tertiary alicyclic amines) is 1. The van der Waals surface area contributed by atoms with E-state index in [1.54, 1.807) is 0 Å². The summed E-state index contributed by atoms with van der Waals surface area (Å²) in [6, 6.07) is 3.85. The van der Waals surface area contributed by atoms with Gasteiger partial charge in [-0.3, -0.25) is 9.59 Å². The van der Waals surface area contributed by atoms with Gasteiger partial charge in [0.1, 0.15) is 17.6 Å². The summed E-state index contributed by atoms with van der Waals surface area (Å²) in [5, 5.41) is 3.03. The Morgan fingerprint density at radius 3 is 2.81 bits per heavy atom. The van der Waals surface area contributed by atoms with E-state index < -0.39 is 0 Å². The Morgan fingerprint density at radius 2 is 2.07 bits per heavy atom. The molecule has 27 heavy (non-hydrogen) atoms. The van der Waals surface area contributed by atoms with Gasteiger partial charge in [0.05, 0.1) is 18.2 Å². The van der Waals surface area contributed by atoms with Gasteiger partial charge in [-0.2, -0.15) is 0 Å². The highest BCUT2D eigenvalue weighted by Gasteiger charge is 2.37. The van der Waals surface area contributed by atoms with Crippen molar-refractivity contribution in [2.45, 2.75) is 52.1 Å². The summed E-state index contributed by atoms with van der Waals surface area (Å²) in [5.74, 6) is 1.70. The molecule has 0 aromatic heterocycles. The third kappa shape index (κ3) is 3.89. The maximum absolute atomic E-state index is 12.9. The molecule has 146 valence electrons. The molecular weight excluding hydrogens is 344 g/mol. The molecule has 6 heteroatoms. The van der Waals surface area contributed by atoms with Crippen molar-refractivity contribution in [2.24, 2.45) is 11.8 Å². The number of hydrogen-bond acceptors (Lipinski definition) is 4. The fourth-order valence-electron chi connectivity index (χ4n) is 4.03. The van der Waals surface area contributed by atoms with E-state index in [4.69, 9.17) is 9.47 Å². The van der Waals surface area contributed by atoms with Gasteiger partial charge in [-0.25, -0.2) is 0 Å². The number of benzene rings is 1. The first kappa shape index (κ1) is 18.1. The zero-order valence-corrected chi connectivity index (χ0v) is 16.1. The maximum Gasteiger partial charge on any atom is 0.229 e. The van der Waals surface area contributed by atoms with Crippen LogP contribution in [-0.4, -0.2) is 42.5 Å². The van der Waals surface area contributed by atoms with E-state index in [2.05, 4.69) is 5.32 Å². The van der Waals surface area contributed by atoms with E-state index in [0.717, 1.165) is 50.0 Å². The van der Waals surface area contributed by atoms with Crippen molar-refractivity contribution in [1.29, 1.82) is 0 Å². The maximum atomic E-state index is 12.9. The Hall–Kier alpha value is -2.24. The first-order valence-electron chi connectivity index (χ1n) is 10.1. The number of piperidine rings is 1. The van der Waals surface area contributed by atoms with Crippen LogP contribution in [0.3, 0.4) is 0 Å². The van der Waals surface area contributed by atoms with Gasteiger partial charge < -0.3 is 19.7 Å². The summed E-state index contributed by atoms with van der Waals surface area (Å²) in [4.78, 5) is 27.1. The van der Waals surface area contributed by atoms with Crippen LogP contribution in [0.1, 0.15) is 45.1 Å². The summed E-state index contributed by atoms with van der Waals surface area (Å²) in [5.41, 5.74) is 1.77. The number of nitrogens with zero attached hydrogens (tertiary/aromatic N) is 1. The quantitative estimate of drug-likeness (QED) is 0.863. The average Bonchev–Trinajstić information content (AvgIpc) is 3.44. The highest BCUT2D eigenvalue weighted by Crippen LogP contribution is 2.38. The molecule has 2 aliphatic heterocycles. The molecule has 4 rings (SSSR count). The van der Waals surface area contributed by atoms with Crippen LogP contribution < -0.4 is 14.8 Å². The molecule has 1 aromatic rings. The van der Waals surface area contributed by atoms with Gasteiger partial charge in [0.15, 0.2) is 0 Å². The van der Waals surface area contributed by atoms with Crippen LogP contribution in [0.4, 0.5) is 5.69 Å². The third-order valence-corrected chi connectivity index (χ3v) is 5.59. The van der Waals surface area contributed by atoms with Crippen LogP contribution in [0.25, 0.3) is 0 Å². The molecule has 3 aliphatic rings. The molecule has 1 saturated heterocycles. The second-order valence-electron chi connectivity index (χ2n) is 7.91. The van der Waals surface area contributed by atoms with Gasteiger partial charge in [-0.15, -0.1) is 0 Å². The minimum absolute atomic E-state index is 0.0461. The SMILES string of the molecule is CCOc1cc2c(cc1NC(=O)[C@@H]1CCCN(C(=O)C3CC3)C1)O[C@H](C)C2. The fourth-order valence-corrected chi connectivity index (χ4v) is 4.03. The molecule has 0 spiro atoms. The second-order valence-corrected chi connectivity index (χ2v) is 7.91. The normalized spacial score (nSPS) is 24.1. The van der Waals surface area contributed by atoms with Crippen molar-refractivity contribution in [3.63, 3.8) is 0 Å². The Labute approximate surface area is 160 Å². The third-order valence-electron chi connectivity index (χ3n) is 5.59. The first-order chi connectivity index (χ1) is 13.0. The number of nitrogens with one attached hydrogen (secondary N) is 1. The van der Waals surface area contributed by atoms with Crippen LogP contribution in [0, 0.1) is 11.8 Å². The van der Waals surface area contributed by atoms with Crippen LogP contribution in [0.2, 0.25) is 0 Å². The largest absolute Gasteiger partial charge is 0.492 e. The fraction of sp³-hybridized carbons (Fsp3) is 0.619. The Bertz CT molecular complexity index is 744. The first-order valence-corrected chi connectivity index (χ1v) is 10.1. The van der Waals surface area contributed by atoms with Crippen LogP contribution >= 0.6 is 0 Å². The number of rotatable bonds is 5. The zero-order valence-electron chi connectivity index (χ0n) is 16.1. The average molecular weight is 372 g/mol. The monoisotopic (exact) mass is 372 g/mol. The molecule has 6 nitrogen and oxygen atoms in total. The summed E-state index contributed by atoms with van der Waals surface area (Å²) >= 11 is 0. The highest BCUT2D eigenvalue weighted by atomic mass is 16.5. The number of hydrogen-bond donors (Lipinski definition) is 1. The van der Waals surface area contributed by atoms with Gasteiger partial charge >= 0.3 is 0 Å². The molecule has 1 N–H and O–H groups in total. The van der Waals surface area contributed by atoms with Crippen molar-refractivity contribution in [1.82, 2.24) is 4.90 Å². The van der Waals surface area contributed by atoms with E-state index in [1.165, 1.54) is 0 Å². The van der Waals surface area contributed by atoms with E-state index in [0.29, 0.717) is 24.6 Å². The Balaban J connectivity index is 1.47. The summed E-state index contributed by atoms with van der Waals surface area (Å²) in [6.07, 6.45) is 4.67. The predicted molar refractivity (Wildman–Crippen MR) is 102 cm³/mol. The van der Waals surface area contributed by atoms with Crippen molar-refractivity contribution in [3.05, 3.63) is 17.7 Å². The molecule has 1 aromatic carbocycles. The van der Waals surface area contributed by atoms with Crippen LogP contribution in [0.5, 0.6) is 11.5 Å². The molecule has 2 heterocycles. The molecule has 0 bridgehead atoms. The smallest absolute Gasteiger partial charge is 0.229 e. The Morgan fingerprint density at radius 1 is 1.26 bits per heavy atom. The zero-order chi connectivity index (χ0) is 19.0. The lowest BCUT2D eigenvalue weighted by molar-refractivity contribution is -0.135. The number of carbonyl (C=O) groups excluding carboxylic acids is 2. The number of carbonyl (C=O) groups is 2. The van der Waals surface area contributed by atoms with E-state index in [9.17, 15) is 9.59 Å². The lowest BCUT2D eigenvalue weighted by atomic mass is 9.96. The van der Waals surface area contributed by atoms with Crippen molar-refractivity contribution >= 4 is 17.5 Å². The van der Waals surface area contributed by atoms with Gasteiger partial charge in [-0.1, -0.05) is 0 Å². The number of fused-ring (bicyclic) bond motifs is 1. The molecule has 1 saturated carbocycles. The summed E-state index contributed by atoms with van der Waals surface area (Å²) in [6.45, 7) is 5.79. The molecule has 1 aliphatic carbocycles. The Kier molecular flexibility index (Phi) is 4.98. The van der Waals surface area contributed by atoms with Gasteiger partial charge in [-0.05, 0) is 45.6 Å². The molecule has 2 amide bonds. The predicted octanol–water partition coefficient (Wildman–Crippen LogP) is 3.00. The van der Waals surface area contributed by atoms with Gasteiger partial charge in [0.25, 0.3) is 0 Å². The second kappa shape index (κ2) is 7.41. The number of amides is 2. The van der Waals surface area contributed by atoms with Gasteiger partial charge in [0.2, 0.25) is 11.8 Å². The van der Waals surface area contributed by atoms with E-state index in [-0.39, 0.29) is 29.8 Å². The highest BCUT2D eigenvalue weighted by molar-refractivity contribution is 5.95. The number of anilines is 1. The molecule has 0 radical (unpaired) electrons. The lowest BCUT2D eigenvalue weighted by Crippen LogP contribution is -2.44. The standard InChI is InChI=1S/C21H28N2O4/c1-3-26-19-10-16-9-13(2)27-18(16)11-17(19)22-20(24)15-5-4-8-23(12-15)21(25)14-6-7-14/h10-11,13-15H,3-9,12H2,1-2H3,(H,22,24)/t13-,15-/m1/s1. The molecule has 2 atom stereocenters. The molecular formula is C21H28N2O4. The minimum Gasteiger partial charge on any atom is -0.492 e. The van der Waals surface area contributed by atoms with Crippen molar-refractivity contribution < 1.29 is 19.1 Å². The van der Waals surface area contributed by atoms with E-state index >= 15 is 0 Å². The molecule has 0 unspecified atom stereocenters. The summed E-state index contributed by atoms with van der Waals surface area (Å²) in [7, 11) is 0. The van der Waals surface area contributed by atoms with Crippen molar-refractivity contribution in [3.8, 4) is 11.5 Å².